The number of likely N-dealkylation sites (tertiary alicyclic amines) is 1. The third kappa shape index (κ3) is 2.45. The fourth-order valence-electron chi connectivity index (χ4n) is 2.90. The van der Waals surface area contributed by atoms with Gasteiger partial charge in [-0.05, 0) is 31.4 Å². The lowest BCUT2D eigenvalue weighted by molar-refractivity contribution is -0.141. The molecule has 0 spiro atoms. The second kappa shape index (κ2) is 4.98. The molecule has 0 bridgehead atoms. The Kier molecular flexibility index (Phi) is 3.30. The molecule has 2 N–H and O–H groups in total. The zero-order chi connectivity index (χ0) is 14.2. The molecule has 1 unspecified atom stereocenters. The number of benzene rings is 1. The molecule has 1 aromatic rings. The summed E-state index contributed by atoms with van der Waals surface area (Å²) in [5.41, 5.74) is -0.0843. The van der Waals surface area contributed by atoms with Crippen LogP contribution in [0.25, 0.3) is 0 Å². The largest absolute Gasteiger partial charge is 0.497 e. The van der Waals surface area contributed by atoms with Crippen molar-refractivity contribution < 1.29 is 14.6 Å². The maximum atomic E-state index is 11.8. The van der Waals surface area contributed by atoms with Gasteiger partial charge >= 0.3 is 5.97 Å². The van der Waals surface area contributed by atoms with E-state index in [9.17, 15) is 9.90 Å². The summed E-state index contributed by atoms with van der Waals surface area (Å²) in [6, 6.07) is 8.04. The first-order chi connectivity index (χ1) is 9.63. The van der Waals surface area contributed by atoms with Gasteiger partial charge in [-0.2, -0.15) is 0 Å². The highest BCUT2D eigenvalue weighted by atomic mass is 16.5. The number of methoxy groups -OCH3 is 1. The highest BCUT2D eigenvalue weighted by molar-refractivity contribution is 5.84. The predicted molar refractivity (Wildman–Crippen MR) is 76.2 cm³/mol. The molecule has 0 aromatic heterocycles. The molecule has 20 heavy (non-hydrogen) atoms. The van der Waals surface area contributed by atoms with Gasteiger partial charge in [0.2, 0.25) is 0 Å². The van der Waals surface area contributed by atoms with Gasteiger partial charge in [0.15, 0.2) is 0 Å². The normalized spacial score (nSPS) is 26.4. The van der Waals surface area contributed by atoms with Crippen LogP contribution in [0.3, 0.4) is 0 Å². The van der Waals surface area contributed by atoms with Gasteiger partial charge in [0.1, 0.15) is 11.3 Å². The average Bonchev–Trinajstić information content (AvgIpc) is 3.21. The molecule has 2 aliphatic rings. The number of hydrogen-bond acceptors (Lipinski definition) is 4. The summed E-state index contributed by atoms with van der Waals surface area (Å²) in [5, 5.41) is 12.9. The van der Waals surface area contributed by atoms with E-state index < -0.39 is 11.5 Å². The van der Waals surface area contributed by atoms with Crippen LogP contribution in [-0.2, 0) is 4.79 Å². The Morgan fingerprint density at radius 1 is 1.50 bits per heavy atom. The summed E-state index contributed by atoms with van der Waals surface area (Å²) in [6.45, 7) is 1.43. The zero-order valence-corrected chi connectivity index (χ0v) is 11.6. The van der Waals surface area contributed by atoms with Crippen molar-refractivity contribution in [2.75, 3.05) is 25.5 Å². The molecule has 0 amide bonds. The molecule has 5 heteroatoms. The minimum absolute atomic E-state index is 0.574. The van der Waals surface area contributed by atoms with Crippen LogP contribution in [0.4, 0.5) is 5.69 Å². The van der Waals surface area contributed by atoms with Gasteiger partial charge in [-0.1, -0.05) is 6.07 Å². The van der Waals surface area contributed by atoms with E-state index in [1.807, 2.05) is 24.3 Å². The molecular formula is C15H20N2O3. The van der Waals surface area contributed by atoms with E-state index in [2.05, 4.69) is 10.2 Å². The highest BCUT2D eigenvalue weighted by Gasteiger charge is 2.48. The van der Waals surface area contributed by atoms with Crippen molar-refractivity contribution in [3.05, 3.63) is 24.3 Å². The smallest absolute Gasteiger partial charge is 0.330 e. The quantitative estimate of drug-likeness (QED) is 0.858. The van der Waals surface area contributed by atoms with Gasteiger partial charge < -0.3 is 15.2 Å². The van der Waals surface area contributed by atoms with Crippen molar-refractivity contribution in [1.29, 1.82) is 0 Å². The summed E-state index contributed by atoms with van der Waals surface area (Å²) in [6.07, 6.45) is 3.04. The Labute approximate surface area is 118 Å². The van der Waals surface area contributed by atoms with Crippen LogP contribution in [-0.4, -0.2) is 47.8 Å². The molecular weight excluding hydrogens is 256 g/mol. The van der Waals surface area contributed by atoms with Crippen LogP contribution in [0, 0.1) is 0 Å². The van der Waals surface area contributed by atoms with Crippen molar-refractivity contribution in [1.82, 2.24) is 4.90 Å². The number of aliphatic carboxylic acids is 1. The predicted octanol–water partition coefficient (Wildman–Crippen LogP) is 1.80. The number of rotatable bonds is 5. The van der Waals surface area contributed by atoms with Crippen LogP contribution in [0.2, 0.25) is 0 Å². The maximum absolute atomic E-state index is 11.8. The third-order valence-corrected chi connectivity index (χ3v) is 4.22. The van der Waals surface area contributed by atoms with E-state index in [1.54, 1.807) is 7.11 Å². The van der Waals surface area contributed by atoms with Gasteiger partial charge in [-0.3, -0.25) is 4.90 Å². The van der Waals surface area contributed by atoms with E-state index in [4.69, 9.17) is 4.74 Å². The van der Waals surface area contributed by atoms with E-state index >= 15 is 0 Å². The second-order valence-corrected chi connectivity index (χ2v) is 5.70. The second-order valence-electron chi connectivity index (χ2n) is 5.70. The van der Waals surface area contributed by atoms with Crippen LogP contribution in [0.5, 0.6) is 5.75 Å². The molecule has 1 aromatic carbocycles. The molecule has 0 radical (unpaired) electrons. The third-order valence-electron chi connectivity index (χ3n) is 4.22. The van der Waals surface area contributed by atoms with E-state index in [-0.39, 0.29) is 0 Å². The number of anilines is 1. The lowest BCUT2D eigenvalue weighted by atomic mass is 9.98. The topological polar surface area (TPSA) is 61.8 Å². The Hall–Kier alpha value is -1.75. The van der Waals surface area contributed by atoms with E-state index in [0.29, 0.717) is 19.0 Å². The average molecular weight is 276 g/mol. The first-order valence-corrected chi connectivity index (χ1v) is 7.03. The summed E-state index contributed by atoms with van der Waals surface area (Å²) in [7, 11) is 1.61. The van der Waals surface area contributed by atoms with E-state index in [0.717, 1.165) is 18.0 Å². The van der Waals surface area contributed by atoms with Crippen LogP contribution >= 0.6 is 0 Å². The Morgan fingerprint density at radius 3 is 2.95 bits per heavy atom. The first kappa shape index (κ1) is 13.2. The molecule has 1 aliphatic heterocycles. The number of ether oxygens (including phenoxy) is 1. The number of hydrogen-bond donors (Lipinski definition) is 2. The van der Waals surface area contributed by atoms with Crippen molar-refractivity contribution in [3.63, 3.8) is 0 Å². The summed E-state index contributed by atoms with van der Waals surface area (Å²) >= 11 is 0. The standard InChI is InChI=1S/C15H20N2O3/c1-20-13-4-2-3-11(9-13)16-15(14(18)19)7-8-17(10-15)12-5-6-12/h2-4,9,12,16H,5-8,10H2,1H3,(H,18,19). The van der Waals surface area contributed by atoms with Crippen molar-refractivity contribution >= 4 is 11.7 Å². The van der Waals surface area contributed by atoms with Crippen LogP contribution < -0.4 is 10.1 Å². The fourth-order valence-corrected chi connectivity index (χ4v) is 2.90. The van der Waals surface area contributed by atoms with Gasteiger partial charge in [0.05, 0.1) is 7.11 Å². The van der Waals surface area contributed by atoms with Gasteiger partial charge in [0.25, 0.3) is 0 Å². The highest BCUT2D eigenvalue weighted by Crippen LogP contribution is 2.35. The Morgan fingerprint density at radius 2 is 2.30 bits per heavy atom. The van der Waals surface area contributed by atoms with Crippen molar-refractivity contribution in [2.45, 2.75) is 30.8 Å². The Balaban J connectivity index is 1.78. The SMILES string of the molecule is COc1cccc(NC2(C(=O)O)CCN(C3CC3)C2)c1. The molecule has 1 atom stereocenters. The number of nitrogens with zero attached hydrogens (tertiary/aromatic N) is 1. The zero-order valence-electron chi connectivity index (χ0n) is 11.6. The number of carbonyl (C=O) groups is 1. The van der Waals surface area contributed by atoms with Crippen LogP contribution in [0.1, 0.15) is 19.3 Å². The molecule has 1 saturated heterocycles. The minimum Gasteiger partial charge on any atom is -0.497 e. The molecule has 1 heterocycles. The number of nitrogens with one attached hydrogen (secondary N) is 1. The monoisotopic (exact) mass is 276 g/mol. The van der Waals surface area contributed by atoms with Crippen LogP contribution in [0.15, 0.2) is 24.3 Å². The molecule has 5 nitrogen and oxygen atoms in total. The Bertz CT molecular complexity index is 516. The first-order valence-electron chi connectivity index (χ1n) is 7.03. The minimum atomic E-state index is -0.880. The summed E-state index contributed by atoms with van der Waals surface area (Å²) in [4.78, 5) is 14.0. The molecule has 2 fully saturated rings. The van der Waals surface area contributed by atoms with Gasteiger partial charge in [0, 0.05) is 30.9 Å². The maximum Gasteiger partial charge on any atom is 0.330 e. The summed E-state index contributed by atoms with van der Waals surface area (Å²) in [5.74, 6) is -0.0453. The number of carboxylic acid groups (broad SMARTS) is 1. The van der Waals surface area contributed by atoms with Gasteiger partial charge in [-0.25, -0.2) is 4.79 Å². The lowest BCUT2D eigenvalue weighted by Crippen LogP contribution is -2.49. The van der Waals surface area contributed by atoms with Gasteiger partial charge in [-0.15, -0.1) is 0 Å². The number of carboxylic acids is 1. The van der Waals surface area contributed by atoms with Crippen molar-refractivity contribution in [2.24, 2.45) is 0 Å². The molecule has 1 aliphatic carbocycles. The van der Waals surface area contributed by atoms with E-state index in [1.165, 1.54) is 12.8 Å². The lowest BCUT2D eigenvalue weighted by Gasteiger charge is -2.27. The van der Waals surface area contributed by atoms with Crippen molar-refractivity contribution in [3.8, 4) is 5.75 Å². The molecule has 1 saturated carbocycles. The molecule has 3 rings (SSSR count). The fraction of sp³-hybridized carbons (Fsp3) is 0.533. The molecule has 108 valence electrons. The summed E-state index contributed by atoms with van der Waals surface area (Å²) < 4.78 is 5.18.